The molecule has 0 amide bonds. The number of benzene rings is 1. The van der Waals surface area contributed by atoms with Gasteiger partial charge in [0.1, 0.15) is 6.42 Å². The fourth-order valence-electron chi connectivity index (χ4n) is 1.09. The lowest BCUT2D eigenvalue weighted by Gasteiger charge is -2.16. The standard InChI is InChI=1S/C9H5F4IO2/c10-5-1-4(7(14)2-6(5)11)9(12,13)3-8(15)16/h1-2H,3H2,(H,15,16). The number of carboxylic acid groups (broad SMARTS) is 1. The Labute approximate surface area is 101 Å². The largest absolute Gasteiger partial charge is 0.481 e. The zero-order valence-corrected chi connectivity index (χ0v) is 9.76. The summed E-state index contributed by atoms with van der Waals surface area (Å²) < 4.78 is 51.8. The summed E-state index contributed by atoms with van der Waals surface area (Å²) in [4.78, 5) is 10.2. The molecular weight excluding hydrogens is 343 g/mol. The van der Waals surface area contributed by atoms with E-state index in [0.717, 1.165) is 0 Å². The predicted octanol–water partition coefficient (Wildman–Crippen LogP) is 3.14. The Balaban J connectivity index is 3.22. The van der Waals surface area contributed by atoms with Crippen LogP contribution in [0.25, 0.3) is 0 Å². The van der Waals surface area contributed by atoms with E-state index in [1.54, 1.807) is 0 Å². The van der Waals surface area contributed by atoms with Gasteiger partial charge in [0, 0.05) is 9.13 Å². The second kappa shape index (κ2) is 4.56. The molecule has 0 unspecified atom stereocenters. The molecule has 0 aliphatic carbocycles. The summed E-state index contributed by atoms with van der Waals surface area (Å²) >= 11 is 1.40. The van der Waals surface area contributed by atoms with Crippen LogP contribution >= 0.6 is 22.6 Å². The summed E-state index contributed by atoms with van der Waals surface area (Å²) in [6.07, 6.45) is -1.46. The maximum absolute atomic E-state index is 13.3. The minimum atomic E-state index is -3.73. The van der Waals surface area contributed by atoms with Crippen molar-refractivity contribution in [1.29, 1.82) is 0 Å². The Hall–Kier alpha value is -0.860. The summed E-state index contributed by atoms with van der Waals surface area (Å²) in [5, 5.41) is 8.27. The highest BCUT2D eigenvalue weighted by Crippen LogP contribution is 2.35. The normalized spacial score (nSPS) is 11.6. The quantitative estimate of drug-likeness (QED) is 0.518. The first-order valence-corrected chi connectivity index (χ1v) is 5.06. The number of halogens is 5. The van der Waals surface area contributed by atoms with Crippen molar-refractivity contribution in [2.75, 3.05) is 0 Å². The second-order valence-electron chi connectivity index (χ2n) is 3.02. The predicted molar refractivity (Wildman–Crippen MR) is 55.2 cm³/mol. The van der Waals surface area contributed by atoms with Gasteiger partial charge in [-0.1, -0.05) is 0 Å². The molecule has 16 heavy (non-hydrogen) atoms. The second-order valence-corrected chi connectivity index (χ2v) is 4.18. The maximum Gasteiger partial charge on any atom is 0.309 e. The Morgan fingerprint density at radius 3 is 2.31 bits per heavy atom. The first kappa shape index (κ1) is 13.2. The molecule has 0 saturated heterocycles. The molecule has 0 heterocycles. The molecule has 0 fully saturated rings. The molecule has 0 spiro atoms. The summed E-state index contributed by atoms with van der Waals surface area (Å²) in [5.41, 5.74) is -0.825. The lowest BCUT2D eigenvalue weighted by molar-refractivity contribution is -0.145. The van der Waals surface area contributed by atoms with Crippen molar-refractivity contribution in [3.8, 4) is 0 Å². The summed E-state index contributed by atoms with van der Waals surface area (Å²) in [6.45, 7) is 0. The molecule has 0 radical (unpaired) electrons. The molecule has 0 aliphatic heterocycles. The van der Waals surface area contributed by atoms with Gasteiger partial charge in [0.25, 0.3) is 5.92 Å². The van der Waals surface area contributed by atoms with Crippen LogP contribution in [-0.2, 0) is 10.7 Å². The van der Waals surface area contributed by atoms with E-state index < -0.39 is 35.5 Å². The average molecular weight is 348 g/mol. The number of hydrogen-bond acceptors (Lipinski definition) is 1. The number of carboxylic acids is 1. The zero-order chi connectivity index (χ0) is 12.5. The zero-order valence-electron chi connectivity index (χ0n) is 7.61. The van der Waals surface area contributed by atoms with Gasteiger partial charge in [-0.25, -0.2) is 17.6 Å². The molecule has 1 aromatic carbocycles. The number of rotatable bonds is 3. The molecule has 88 valence electrons. The fraction of sp³-hybridized carbons (Fsp3) is 0.222. The van der Waals surface area contributed by atoms with Crippen LogP contribution in [0.2, 0.25) is 0 Å². The van der Waals surface area contributed by atoms with Gasteiger partial charge in [-0.15, -0.1) is 0 Å². The minimum absolute atomic E-state index is 0.220. The molecule has 2 nitrogen and oxygen atoms in total. The Morgan fingerprint density at radius 1 is 1.31 bits per heavy atom. The van der Waals surface area contributed by atoms with Crippen molar-refractivity contribution in [2.24, 2.45) is 0 Å². The van der Waals surface area contributed by atoms with Crippen LogP contribution in [0.1, 0.15) is 12.0 Å². The van der Waals surface area contributed by atoms with Crippen molar-refractivity contribution in [2.45, 2.75) is 12.3 Å². The first-order valence-electron chi connectivity index (χ1n) is 3.98. The third kappa shape index (κ3) is 2.83. The first-order chi connectivity index (χ1) is 7.24. The van der Waals surface area contributed by atoms with Crippen LogP contribution in [-0.4, -0.2) is 11.1 Å². The average Bonchev–Trinajstić information content (AvgIpc) is 2.08. The van der Waals surface area contributed by atoms with E-state index in [4.69, 9.17) is 5.11 Å². The Morgan fingerprint density at radius 2 is 1.81 bits per heavy atom. The van der Waals surface area contributed by atoms with Gasteiger partial charge in [0.15, 0.2) is 11.6 Å². The highest BCUT2D eigenvalue weighted by Gasteiger charge is 2.37. The molecule has 0 aromatic heterocycles. The minimum Gasteiger partial charge on any atom is -0.481 e. The Kier molecular flexibility index (Phi) is 3.76. The van der Waals surface area contributed by atoms with Crippen LogP contribution in [0.3, 0.4) is 0 Å². The molecule has 0 atom stereocenters. The van der Waals surface area contributed by atoms with Gasteiger partial charge >= 0.3 is 5.97 Å². The van der Waals surface area contributed by atoms with Crippen molar-refractivity contribution >= 4 is 28.6 Å². The molecule has 0 aliphatic rings. The van der Waals surface area contributed by atoms with Crippen LogP contribution in [0.5, 0.6) is 0 Å². The third-order valence-electron chi connectivity index (χ3n) is 1.78. The fourth-order valence-corrected chi connectivity index (χ4v) is 1.91. The number of hydrogen-bond donors (Lipinski definition) is 1. The van der Waals surface area contributed by atoms with Crippen molar-refractivity contribution in [1.82, 2.24) is 0 Å². The van der Waals surface area contributed by atoms with Crippen molar-refractivity contribution in [3.63, 3.8) is 0 Å². The number of aliphatic carboxylic acids is 1. The van der Waals surface area contributed by atoms with E-state index in [-0.39, 0.29) is 3.57 Å². The highest BCUT2D eigenvalue weighted by atomic mass is 127. The molecule has 1 rings (SSSR count). The maximum atomic E-state index is 13.3. The summed E-state index contributed by atoms with van der Waals surface area (Å²) in [6, 6.07) is 0.918. The van der Waals surface area contributed by atoms with E-state index in [1.807, 2.05) is 0 Å². The topological polar surface area (TPSA) is 37.3 Å². The van der Waals surface area contributed by atoms with Gasteiger partial charge in [0.2, 0.25) is 0 Å². The van der Waals surface area contributed by atoms with Crippen LogP contribution in [0.15, 0.2) is 12.1 Å². The lowest BCUT2D eigenvalue weighted by Crippen LogP contribution is -2.20. The van der Waals surface area contributed by atoms with Crippen molar-refractivity contribution < 1.29 is 27.5 Å². The van der Waals surface area contributed by atoms with Gasteiger partial charge < -0.3 is 5.11 Å². The van der Waals surface area contributed by atoms with Gasteiger partial charge in [-0.3, -0.25) is 4.79 Å². The highest BCUT2D eigenvalue weighted by molar-refractivity contribution is 14.1. The van der Waals surface area contributed by atoms with E-state index in [0.29, 0.717) is 12.1 Å². The van der Waals surface area contributed by atoms with Crippen molar-refractivity contribution in [3.05, 3.63) is 32.9 Å². The molecule has 0 bridgehead atoms. The van der Waals surface area contributed by atoms with E-state index in [1.165, 1.54) is 22.6 Å². The third-order valence-corrected chi connectivity index (χ3v) is 2.67. The van der Waals surface area contributed by atoms with Crippen LogP contribution < -0.4 is 0 Å². The molecule has 1 N–H and O–H groups in total. The summed E-state index contributed by atoms with van der Waals surface area (Å²) in [5.74, 6) is -8.12. The summed E-state index contributed by atoms with van der Waals surface area (Å²) in [7, 11) is 0. The molecule has 0 saturated carbocycles. The Bertz CT molecular complexity index is 434. The monoisotopic (exact) mass is 348 g/mol. The van der Waals surface area contributed by atoms with Gasteiger partial charge in [-0.05, 0) is 34.7 Å². The number of carbonyl (C=O) groups is 1. The van der Waals surface area contributed by atoms with E-state index in [9.17, 15) is 22.4 Å². The lowest BCUT2D eigenvalue weighted by atomic mass is 10.1. The molecule has 7 heteroatoms. The van der Waals surface area contributed by atoms with Gasteiger partial charge in [-0.2, -0.15) is 0 Å². The van der Waals surface area contributed by atoms with E-state index >= 15 is 0 Å². The smallest absolute Gasteiger partial charge is 0.309 e. The number of alkyl halides is 2. The van der Waals surface area contributed by atoms with E-state index in [2.05, 4.69) is 0 Å². The SMILES string of the molecule is O=C(O)CC(F)(F)c1cc(F)c(F)cc1I. The molecule has 1 aromatic rings. The molecular formula is C9H5F4IO2. The van der Waals surface area contributed by atoms with Gasteiger partial charge in [0.05, 0.1) is 0 Å². The van der Waals surface area contributed by atoms with Crippen LogP contribution in [0.4, 0.5) is 17.6 Å². The van der Waals surface area contributed by atoms with Crippen LogP contribution in [0, 0.1) is 15.2 Å².